The van der Waals surface area contributed by atoms with Gasteiger partial charge in [-0.15, -0.1) is 11.3 Å². The Labute approximate surface area is 113 Å². The van der Waals surface area contributed by atoms with Crippen molar-refractivity contribution in [1.82, 2.24) is 10.3 Å². The van der Waals surface area contributed by atoms with Crippen molar-refractivity contribution >= 4 is 23.2 Å². The van der Waals surface area contributed by atoms with Crippen LogP contribution in [-0.4, -0.2) is 22.0 Å². The van der Waals surface area contributed by atoms with Gasteiger partial charge >= 0.3 is 5.97 Å². The molecular weight excluding hydrogens is 268 g/mol. The molecule has 0 aliphatic heterocycles. The van der Waals surface area contributed by atoms with Gasteiger partial charge in [0.15, 0.2) is 0 Å². The molecule has 0 spiro atoms. The number of aromatic nitrogens is 1. The molecule has 2 rings (SSSR count). The lowest BCUT2D eigenvalue weighted by Gasteiger charge is -2.13. The topological polar surface area (TPSA) is 92.4 Å². The molecular formula is C12H12N2O4S. The molecule has 0 bridgehead atoms. The van der Waals surface area contributed by atoms with Gasteiger partial charge in [-0.05, 0) is 12.5 Å². The largest absolute Gasteiger partial charge is 0.478 e. The van der Waals surface area contributed by atoms with Gasteiger partial charge in [-0.3, -0.25) is 4.79 Å². The molecule has 0 aliphatic carbocycles. The maximum Gasteiger partial charge on any atom is 0.339 e. The smallest absolute Gasteiger partial charge is 0.339 e. The number of furan rings is 1. The second-order valence-corrected chi connectivity index (χ2v) is 4.70. The van der Waals surface area contributed by atoms with E-state index in [1.54, 1.807) is 6.20 Å². The number of amides is 1. The summed E-state index contributed by atoms with van der Waals surface area (Å²) in [5.74, 6) is -1.94. The lowest BCUT2D eigenvalue weighted by Crippen LogP contribution is -2.28. The average molecular weight is 280 g/mol. The maximum atomic E-state index is 12.0. The lowest BCUT2D eigenvalue weighted by atomic mass is 10.2. The van der Waals surface area contributed by atoms with E-state index in [1.807, 2.05) is 12.3 Å². The minimum Gasteiger partial charge on any atom is -0.478 e. The highest BCUT2D eigenvalue weighted by Crippen LogP contribution is 2.20. The second kappa shape index (κ2) is 5.66. The fourth-order valence-electron chi connectivity index (χ4n) is 1.62. The van der Waals surface area contributed by atoms with Crippen molar-refractivity contribution in [2.45, 2.75) is 19.4 Å². The summed E-state index contributed by atoms with van der Waals surface area (Å²) in [5.41, 5.74) is -0.147. The maximum absolute atomic E-state index is 12.0. The van der Waals surface area contributed by atoms with E-state index in [-0.39, 0.29) is 17.4 Å². The molecule has 1 amide bonds. The first-order chi connectivity index (χ1) is 9.13. The van der Waals surface area contributed by atoms with Gasteiger partial charge < -0.3 is 14.8 Å². The molecule has 6 nitrogen and oxygen atoms in total. The number of thiazole rings is 1. The summed E-state index contributed by atoms with van der Waals surface area (Å²) < 4.78 is 4.94. The number of nitrogens with zero attached hydrogens (tertiary/aromatic N) is 1. The Bertz CT molecular complexity index is 576. The highest BCUT2D eigenvalue weighted by molar-refractivity contribution is 7.09. The van der Waals surface area contributed by atoms with Crippen LogP contribution in [0.2, 0.25) is 0 Å². The van der Waals surface area contributed by atoms with Crippen molar-refractivity contribution in [3.63, 3.8) is 0 Å². The van der Waals surface area contributed by atoms with E-state index in [0.29, 0.717) is 6.42 Å². The Kier molecular flexibility index (Phi) is 3.96. The number of carbonyl (C=O) groups excluding carboxylic acids is 1. The normalized spacial score (nSPS) is 12.1. The van der Waals surface area contributed by atoms with E-state index >= 15 is 0 Å². The van der Waals surface area contributed by atoms with Crippen molar-refractivity contribution in [2.75, 3.05) is 0 Å². The fraction of sp³-hybridized carbons (Fsp3) is 0.250. The number of hydrogen-bond acceptors (Lipinski definition) is 5. The first-order valence-corrected chi connectivity index (χ1v) is 6.52. The van der Waals surface area contributed by atoms with Gasteiger partial charge in [0.2, 0.25) is 5.76 Å². The molecule has 0 fully saturated rings. The summed E-state index contributed by atoms with van der Waals surface area (Å²) in [6, 6.07) is 1.00. The molecule has 2 aromatic rings. The van der Waals surface area contributed by atoms with Crippen molar-refractivity contribution in [3.8, 4) is 0 Å². The first-order valence-electron chi connectivity index (χ1n) is 5.64. The molecule has 100 valence electrons. The number of carbonyl (C=O) groups is 2. The zero-order valence-corrected chi connectivity index (χ0v) is 10.9. The molecule has 2 heterocycles. The third-order valence-corrected chi connectivity index (χ3v) is 3.45. The van der Waals surface area contributed by atoms with E-state index < -0.39 is 11.9 Å². The summed E-state index contributed by atoms with van der Waals surface area (Å²) in [5, 5.41) is 14.2. The number of carboxylic acids is 1. The van der Waals surface area contributed by atoms with Crippen LogP contribution < -0.4 is 5.32 Å². The quantitative estimate of drug-likeness (QED) is 0.876. The zero-order valence-electron chi connectivity index (χ0n) is 10.1. The molecule has 0 saturated heterocycles. The van der Waals surface area contributed by atoms with Gasteiger partial charge in [0.25, 0.3) is 5.91 Å². The Morgan fingerprint density at radius 1 is 1.58 bits per heavy atom. The number of hydrogen-bond donors (Lipinski definition) is 2. The highest BCUT2D eigenvalue weighted by atomic mass is 32.1. The molecule has 2 N–H and O–H groups in total. The Balaban J connectivity index is 2.16. The van der Waals surface area contributed by atoms with Crippen LogP contribution in [0.3, 0.4) is 0 Å². The number of carboxylic acid groups (broad SMARTS) is 1. The minimum atomic E-state index is -1.19. The lowest BCUT2D eigenvalue weighted by molar-refractivity contribution is 0.0687. The third kappa shape index (κ3) is 2.82. The summed E-state index contributed by atoms with van der Waals surface area (Å²) in [7, 11) is 0. The minimum absolute atomic E-state index is 0.147. The van der Waals surface area contributed by atoms with E-state index in [1.165, 1.54) is 23.7 Å². The second-order valence-electron chi connectivity index (χ2n) is 3.77. The Morgan fingerprint density at radius 3 is 2.95 bits per heavy atom. The SMILES string of the molecule is CCC(NC(=O)c1occc1C(=O)O)c1nccs1. The van der Waals surface area contributed by atoms with Gasteiger partial charge in [0.05, 0.1) is 12.3 Å². The monoisotopic (exact) mass is 280 g/mol. The van der Waals surface area contributed by atoms with Gasteiger partial charge in [0.1, 0.15) is 10.6 Å². The van der Waals surface area contributed by atoms with Crippen molar-refractivity contribution in [2.24, 2.45) is 0 Å². The summed E-state index contributed by atoms with van der Waals surface area (Å²) in [4.78, 5) is 27.1. The molecule has 2 aromatic heterocycles. The molecule has 0 saturated carbocycles. The van der Waals surface area contributed by atoms with E-state index in [2.05, 4.69) is 10.3 Å². The van der Waals surface area contributed by atoms with Crippen molar-refractivity contribution in [3.05, 3.63) is 40.2 Å². The van der Waals surface area contributed by atoms with E-state index in [0.717, 1.165) is 5.01 Å². The molecule has 1 unspecified atom stereocenters. The van der Waals surface area contributed by atoms with Crippen LogP contribution in [0.5, 0.6) is 0 Å². The molecule has 7 heteroatoms. The highest BCUT2D eigenvalue weighted by Gasteiger charge is 2.23. The van der Waals surface area contributed by atoms with Crippen LogP contribution in [0.4, 0.5) is 0 Å². The summed E-state index contributed by atoms with van der Waals surface area (Å²) in [6.07, 6.45) is 3.50. The Morgan fingerprint density at radius 2 is 2.37 bits per heavy atom. The molecule has 1 atom stereocenters. The van der Waals surface area contributed by atoms with Gasteiger partial charge in [0, 0.05) is 11.6 Å². The predicted octanol–water partition coefficient (Wildman–Crippen LogP) is 2.32. The Hall–Kier alpha value is -2.15. The van der Waals surface area contributed by atoms with Crippen LogP contribution in [0, 0.1) is 0 Å². The number of rotatable bonds is 5. The molecule has 0 radical (unpaired) electrons. The molecule has 0 aliphatic rings. The average Bonchev–Trinajstić information content (AvgIpc) is 3.05. The van der Waals surface area contributed by atoms with Crippen LogP contribution in [0.15, 0.2) is 28.3 Å². The summed E-state index contributed by atoms with van der Waals surface area (Å²) >= 11 is 1.43. The van der Waals surface area contributed by atoms with Gasteiger partial charge in [-0.2, -0.15) is 0 Å². The van der Waals surface area contributed by atoms with Crippen LogP contribution in [0.1, 0.15) is 45.3 Å². The summed E-state index contributed by atoms with van der Waals surface area (Å²) in [6.45, 7) is 1.91. The number of nitrogens with one attached hydrogen (secondary N) is 1. The standard InChI is InChI=1S/C12H12N2O4S/c1-2-8(11-13-4-6-19-11)14-10(15)9-7(12(16)17)3-5-18-9/h3-6,8H,2H2,1H3,(H,14,15)(H,16,17). The first kappa shape index (κ1) is 13.3. The predicted molar refractivity (Wildman–Crippen MR) is 68.3 cm³/mol. The van der Waals surface area contributed by atoms with Crippen LogP contribution in [-0.2, 0) is 0 Å². The van der Waals surface area contributed by atoms with Gasteiger partial charge in [-0.25, -0.2) is 9.78 Å². The fourth-order valence-corrected chi connectivity index (χ4v) is 2.40. The van der Waals surface area contributed by atoms with E-state index in [9.17, 15) is 9.59 Å². The molecule has 0 aromatic carbocycles. The van der Waals surface area contributed by atoms with Crippen molar-refractivity contribution in [1.29, 1.82) is 0 Å². The zero-order chi connectivity index (χ0) is 13.8. The van der Waals surface area contributed by atoms with Crippen molar-refractivity contribution < 1.29 is 19.1 Å². The van der Waals surface area contributed by atoms with Crippen LogP contribution >= 0.6 is 11.3 Å². The molecule has 19 heavy (non-hydrogen) atoms. The number of aromatic carboxylic acids is 1. The van der Waals surface area contributed by atoms with E-state index in [4.69, 9.17) is 9.52 Å². The third-order valence-electron chi connectivity index (χ3n) is 2.56. The van der Waals surface area contributed by atoms with Crippen LogP contribution in [0.25, 0.3) is 0 Å². The van der Waals surface area contributed by atoms with Gasteiger partial charge in [-0.1, -0.05) is 6.92 Å².